The molecule has 3 heteroatoms. The summed E-state index contributed by atoms with van der Waals surface area (Å²) in [6.45, 7) is 0. The SMILES string of the molecule is c1ccc(Nc2ccc(-c3ccc4nc(-c5ccccc5)oc4c3)cc2)cc1. The van der Waals surface area contributed by atoms with Gasteiger partial charge >= 0.3 is 0 Å². The molecule has 1 aromatic heterocycles. The second kappa shape index (κ2) is 7.05. The fourth-order valence-electron chi connectivity index (χ4n) is 3.24. The summed E-state index contributed by atoms with van der Waals surface area (Å²) in [6, 6.07) is 34.7. The van der Waals surface area contributed by atoms with E-state index < -0.39 is 0 Å². The zero-order chi connectivity index (χ0) is 18.8. The third-order valence-corrected chi connectivity index (χ3v) is 4.69. The molecule has 0 aliphatic heterocycles. The van der Waals surface area contributed by atoms with Gasteiger partial charge in [0.1, 0.15) is 5.52 Å². The molecule has 3 nitrogen and oxygen atoms in total. The summed E-state index contributed by atoms with van der Waals surface area (Å²) in [6.07, 6.45) is 0. The highest BCUT2D eigenvalue weighted by Gasteiger charge is 2.09. The fraction of sp³-hybridized carbons (Fsp3) is 0. The molecule has 0 radical (unpaired) electrons. The molecule has 0 saturated carbocycles. The number of nitrogens with one attached hydrogen (secondary N) is 1. The Morgan fingerprint density at radius 1 is 0.571 bits per heavy atom. The molecule has 134 valence electrons. The van der Waals surface area contributed by atoms with Crippen LogP contribution in [0, 0.1) is 0 Å². The zero-order valence-electron chi connectivity index (χ0n) is 15.2. The first-order valence-corrected chi connectivity index (χ1v) is 9.24. The molecule has 0 saturated heterocycles. The number of benzene rings is 4. The Morgan fingerprint density at radius 3 is 1.96 bits per heavy atom. The van der Waals surface area contributed by atoms with Crippen molar-refractivity contribution in [3.05, 3.63) is 103 Å². The van der Waals surface area contributed by atoms with Gasteiger partial charge in [-0.15, -0.1) is 0 Å². The highest BCUT2D eigenvalue weighted by atomic mass is 16.3. The lowest BCUT2D eigenvalue weighted by Crippen LogP contribution is -1.89. The molecular weight excluding hydrogens is 344 g/mol. The molecule has 0 atom stereocenters. The molecule has 5 rings (SSSR count). The topological polar surface area (TPSA) is 38.1 Å². The van der Waals surface area contributed by atoms with Crippen LogP contribution < -0.4 is 5.32 Å². The average Bonchev–Trinajstić information content (AvgIpc) is 3.19. The van der Waals surface area contributed by atoms with Crippen molar-refractivity contribution in [2.75, 3.05) is 5.32 Å². The molecule has 0 unspecified atom stereocenters. The summed E-state index contributed by atoms with van der Waals surface area (Å²) in [5.74, 6) is 0.648. The van der Waals surface area contributed by atoms with Crippen LogP contribution in [0.15, 0.2) is 108 Å². The Bertz CT molecular complexity index is 1210. The number of hydrogen-bond donors (Lipinski definition) is 1. The molecule has 0 fully saturated rings. The largest absolute Gasteiger partial charge is 0.436 e. The van der Waals surface area contributed by atoms with Crippen LogP contribution in [0.3, 0.4) is 0 Å². The van der Waals surface area contributed by atoms with E-state index in [1.54, 1.807) is 0 Å². The monoisotopic (exact) mass is 362 g/mol. The van der Waals surface area contributed by atoms with Crippen molar-refractivity contribution in [1.29, 1.82) is 0 Å². The van der Waals surface area contributed by atoms with E-state index in [0.29, 0.717) is 5.89 Å². The van der Waals surface area contributed by atoms with Crippen molar-refractivity contribution < 1.29 is 4.42 Å². The van der Waals surface area contributed by atoms with Crippen LogP contribution in [-0.4, -0.2) is 4.98 Å². The Morgan fingerprint density at radius 2 is 1.21 bits per heavy atom. The molecule has 1 N–H and O–H groups in total. The highest BCUT2D eigenvalue weighted by Crippen LogP contribution is 2.29. The molecule has 0 aliphatic rings. The van der Waals surface area contributed by atoms with Crippen LogP contribution in [0.1, 0.15) is 0 Å². The molecular formula is C25H18N2O. The van der Waals surface area contributed by atoms with Gasteiger partial charge < -0.3 is 9.73 Å². The van der Waals surface area contributed by atoms with Crippen LogP contribution in [-0.2, 0) is 0 Å². The predicted octanol–water partition coefficient (Wildman–Crippen LogP) is 6.91. The van der Waals surface area contributed by atoms with Gasteiger partial charge in [-0.3, -0.25) is 0 Å². The predicted molar refractivity (Wildman–Crippen MR) is 115 cm³/mol. The van der Waals surface area contributed by atoms with E-state index in [2.05, 4.69) is 58.8 Å². The van der Waals surface area contributed by atoms with Crippen molar-refractivity contribution in [2.45, 2.75) is 0 Å². The summed E-state index contributed by atoms with van der Waals surface area (Å²) in [5.41, 5.74) is 7.02. The molecule has 4 aromatic carbocycles. The maximum Gasteiger partial charge on any atom is 0.227 e. The van der Waals surface area contributed by atoms with E-state index in [0.717, 1.165) is 39.2 Å². The van der Waals surface area contributed by atoms with E-state index in [4.69, 9.17) is 4.42 Å². The quantitative estimate of drug-likeness (QED) is 0.378. The van der Waals surface area contributed by atoms with Gasteiger partial charge in [-0.25, -0.2) is 4.98 Å². The normalized spacial score (nSPS) is 10.9. The lowest BCUT2D eigenvalue weighted by atomic mass is 10.0. The Kier molecular flexibility index (Phi) is 4.11. The third-order valence-electron chi connectivity index (χ3n) is 4.69. The standard InChI is InChI=1S/C25H18N2O/c1-3-7-19(8-4-1)25-27-23-16-13-20(17-24(23)28-25)18-11-14-22(15-12-18)26-21-9-5-2-6-10-21/h1-17,26H. The fourth-order valence-corrected chi connectivity index (χ4v) is 3.24. The number of para-hydroxylation sites is 1. The third kappa shape index (κ3) is 3.26. The average molecular weight is 362 g/mol. The van der Waals surface area contributed by atoms with Gasteiger partial charge in [-0.2, -0.15) is 0 Å². The minimum absolute atomic E-state index is 0.648. The van der Waals surface area contributed by atoms with Crippen molar-refractivity contribution >= 4 is 22.5 Å². The lowest BCUT2D eigenvalue weighted by molar-refractivity contribution is 0.620. The molecule has 5 aromatic rings. The molecule has 1 heterocycles. The molecule has 28 heavy (non-hydrogen) atoms. The van der Waals surface area contributed by atoms with E-state index in [-0.39, 0.29) is 0 Å². The van der Waals surface area contributed by atoms with Crippen LogP contribution in [0.25, 0.3) is 33.7 Å². The Balaban J connectivity index is 1.42. The molecule has 0 bridgehead atoms. The summed E-state index contributed by atoms with van der Waals surface area (Å²) in [7, 11) is 0. The van der Waals surface area contributed by atoms with Gasteiger partial charge in [-0.05, 0) is 59.7 Å². The number of rotatable bonds is 4. The number of oxazole rings is 1. The number of aromatic nitrogens is 1. The number of hydrogen-bond acceptors (Lipinski definition) is 3. The molecule has 0 spiro atoms. The van der Waals surface area contributed by atoms with Crippen molar-refractivity contribution in [2.24, 2.45) is 0 Å². The van der Waals surface area contributed by atoms with Crippen LogP contribution in [0.2, 0.25) is 0 Å². The number of fused-ring (bicyclic) bond motifs is 1. The van der Waals surface area contributed by atoms with Gasteiger partial charge in [0.05, 0.1) is 0 Å². The number of nitrogens with zero attached hydrogens (tertiary/aromatic N) is 1. The van der Waals surface area contributed by atoms with Gasteiger partial charge in [0, 0.05) is 16.9 Å². The zero-order valence-corrected chi connectivity index (χ0v) is 15.2. The van der Waals surface area contributed by atoms with Crippen LogP contribution in [0.4, 0.5) is 11.4 Å². The number of anilines is 2. The van der Waals surface area contributed by atoms with Crippen molar-refractivity contribution in [1.82, 2.24) is 4.98 Å². The highest BCUT2D eigenvalue weighted by molar-refractivity contribution is 5.82. The van der Waals surface area contributed by atoms with Gasteiger partial charge in [-0.1, -0.05) is 54.6 Å². The summed E-state index contributed by atoms with van der Waals surface area (Å²) in [4.78, 5) is 4.60. The lowest BCUT2D eigenvalue weighted by Gasteiger charge is -2.07. The Labute approximate surface area is 163 Å². The second-order valence-electron chi connectivity index (χ2n) is 6.64. The second-order valence-corrected chi connectivity index (χ2v) is 6.64. The minimum Gasteiger partial charge on any atom is -0.436 e. The Hall–Kier alpha value is -3.85. The first-order chi connectivity index (χ1) is 13.8. The van der Waals surface area contributed by atoms with E-state index in [1.807, 2.05) is 54.6 Å². The van der Waals surface area contributed by atoms with Crippen molar-refractivity contribution in [3.63, 3.8) is 0 Å². The summed E-state index contributed by atoms with van der Waals surface area (Å²) in [5, 5.41) is 3.41. The van der Waals surface area contributed by atoms with Gasteiger partial charge in [0.25, 0.3) is 0 Å². The van der Waals surface area contributed by atoms with Gasteiger partial charge in [0.2, 0.25) is 5.89 Å². The molecule has 0 amide bonds. The first kappa shape index (κ1) is 16.3. The van der Waals surface area contributed by atoms with Crippen LogP contribution >= 0.6 is 0 Å². The van der Waals surface area contributed by atoms with Crippen molar-refractivity contribution in [3.8, 4) is 22.6 Å². The van der Waals surface area contributed by atoms with Crippen LogP contribution in [0.5, 0.6) is 0 Å². The summed E-state index contributed by atoms with van der Waals surface area (Å²) >= 11 is 0. The first-order valence-electron chi connectivity index (χ1n) is 9.24. The maximum atomic E-state index is 6.00. The smallest absolute Gasteiger partial charge is 0.227 e. The van der Waals surface area contributed by atoms with E-state index in [1.165, 1.54) is 0 Å². The van der Waals surface area contributed by atoms with E-state index in [9.17, 15) is 0 Å². The van der Waals surface area contributed by atoms with E-state index >= 15 is 0 Å². The van der Waals surface area contributed by atoms with Gasteiger partial charge in [0.15, 0.2) is 5.58 Å². The maximum absolute atomic E-state index is 6.00. The molecule has 0 aliphatic carbocycles. The summed E-state index contributed by atoms with van der Waals surface area (Å²) < 4.78 is 6.00. The minimum atomic E-state index is 0.648.